The summed E-state index contributed by atoms with van der Waals surface area (Å²) < 4.78 is 18.8. The number of likely N-dealkylation sites (tertiary alicyclic amines) is 1. The zero-order valence-corrected chi connectivity index (χ0v) is 17.1. The lowest BCUT2D eigenvalue weighted by Gasteiger charge is -2.71. The molecule has 0 aromatic heterocycles. The third kappa shape index (κ3) is 1.54. The lowest BCUT2D eigenvalue weighted by atomic mass is 9.37. The van der Waals surface area contributed by atoms with Crippen molar-refractivity contribution >= 4 is 0 Å². The molecule has 4 aliphatic carbocycles. The highest BCUT2D eigenvalue weighted by atomic mass is 16.6. The maximum absolute atomic E-state index is 10.8. The van der Waals surface area contributed by atoms with Crippen LogP contribution in [0.2, 0.25) is 0 Å². The van der Waals surface area contributed by atoms with Gasteiger partial charge in [0.25, 0.3) is 0 Å². The number of methoxy groups -OCH3 is 2. The molecule has 1 aromatic carbocycles. The first-order chi connectivity index (χ1) is 13.4. The Morgan fingerprint density at radius 3 is 2.82 bits per heavy atom. The van der Waals surface area contributed by atoms with Gasteiger partial charge in [-0.2, -0.15) is 0 Å². The van der Waals surface area contributed by atoms with Crippen molar-refractivity contribution < 1.29 is 19.3 Å². The first-order valence-corrected chi connectivity index (χ1v) is 10.5. The SMILES string of the molecule is COc1ccc2c3c1O[C@H]1C4(OC)C=C[C@]5(C[C@@H]4[C@H](C)O)[C@@H](C2)N(C)CC[C@]315. The molecule has 2 aliphatic heterocycles. The maximum Gasteiger partial charge on any atom is 0.166 e. The highest BCUT2D eigenvalue weighted by molar-refractivity contribution is 5.65. The molecule has 5 heteroatoms. The quantitative estimate of drug-likeness (QED) is 0.812. The summed E-state index contributed by atoms with van der Waals surface area (Å²) in [5.74, 6) is 1.74. The third-order valence-electron chi connectivity index (χ3n) is 8.91. The van der Waals surface area contributed by atoms with Crippen molar-refractivity contribution in [1.29, 1.82) is 0 Å². The van der Waals surface area contributed by atoms with E-state index in [-0.39, 0.29) is 22.9 Å². The van der Waals surface area contributed by atoms with Crippen molar-refractivity contribution in [2.45, 2.75) is 55.5 Å². The summed E-state index contributed by atoms with van der Waals surface area (Å²) >= 11 is 0. The number of aliphatic hydroxyl groups excluding tert-OH is 1. The summed E-state index contributed by atoms with van der Waals surface area (Å²) in [6.45, 7) is 2.95. The zero-order valence-electron chi connectivity index (χ0n) is 17.1. The molecule has 7 atom stereocenters. The number of likely N-dealkylation sites (N-methyl/N-ethyl adjacent to an activating group) is 1. The zero-order chi connectivity index (χ0) is 19.5. The van der Waals surface area contributed by atoms with Gasteiger partial charge in [0.05, 0.1) is 18.6 Å². The second-order valence-electron chi connectivity index (χ2n) is 9.53. The number of piperidine rings is 1. The molecular weight excluding hydrogens is 354 g/mol. The number of hydrogen-bond donors (Lipinski definition) is 1. The number of benzene rings is 1. The fourth-order valence-corrected chi connectivity index (χ4v) is 7.81. The standard InChI is InChI=1S/C23H29NO4/c1-13(25)15-12-21-7-8-23(15,27-4)20-22(21)9-10-24(2)17(21)11-14-5-6-16(26-3)19(28-20)18(14)22/h5-8,13,15,17,20,25H,9-12H2,1-4H3/t13-,15+,17+,20+,21-,22-,23?/m0/s1. The number of aliphatic hydroxyl groups is 1. The molecule has 1 saturated heterocycles. The van der Waals surface area contributed by atoms with Crippen molar-refractivity contribution in [2.24, 2.45) is 11.3 Å². The van der Waals surface area contributed by atoms with Crippen molar-refractivity contribution in [3.8, 4) is 11.5 Å². The van der Waals surface area contributed by atoms with Crippen LogP contribution in [0.3, 0.4) is 0 Å². The van der Waals surface area contributed by atoms with Crippen LogP contribution in [0.1, 0.15) is 30.9 Å². The first kappa shape index (κ1) is 17.3. The summed E-state index contributed by atoms with van der Waals surface area (Å²) in [7, 11) is 5.74. The summed E-state index contributed by atoms with van der Waals surface area (Å²) in [6.07, 6.45) is 7.06. The predicted octanol–water partition coefficient (Wildman–Crippen LogP) is 2.30. The van der Waals surface area contributed by atoms with Gasteiger partial charge in [-0.1, -0.05) is 18.2 Å². The maximum atomic E-state index is 10.8. The van der Waals surface area contributed by atoms with Crippen LogP contribution in [0.4, 0.5) is 0 Å². The van der Waals surface area contributed by atoms with E-state index in [2.05, 4.69) is 36.2 Å². The molecule has 1 saturated carbocycles. The smallest absolute Gasteiger partial charge is 0.166 e. The van der Waals surface area contributed by atoms with Crippen LogP contribution < -0.4 is 9.47 Å². The Kier molecular flexibility index (Phi) is 3.17. The van der Waals surface area contributed by atoms with Crippen molar-refractivity contribution in [3.63, 3.8) is 0 Å². The Bertz CT molecular complexity index is 897. The predicted molar refractivity (Wildman–Crippen MR) is 105 cm³/mol. The molecule has 2 spiro atoms. The molecule has 2 fully saturated rings. The van der Waals surface area contributed by atoms with E-state index in [4.69, 9.17) is 14.2 Å². The van der Waals surface area contributed by atoms with Crippen LogP contribution >= 0.6 is 0 Å². The van der Waals surface area contributed by atoms with Crippen molar-refractivity contribution in [2.75, 3.05) is 27.8 Å². The lowest BCUT2D eigenvalue weighted by Crippen LogP contribution is -2.79. The van der Waals surface area contributed by atoms with Gasteiger partial charge in [-0.15, -0.1) is 0 Å². The molecule has 0 amide bonds. The van der Waals surface area contributed by atoms with E-state index < -0.39 is 11.7 Å². The van der Waals surface area contributed by atoms with Gasteiger partial charge in [0.2, 0.25) is 0 Å². The first-order valence-electron chi connectivity index (χ1n) is 10.5. The Morgan fingerprint density at radius 1 is 1.29 bits per heavy atom. The second kappa shape index (κ2) is 5.13. The van der Waals surface area contributed by atoms with Gasteiger partial charge in [0.15, 0.2) is 11.5 Å². The van der Waals surface area contributed by atoms with Crippen molar-refractivity contribution in [1.82, 2.24) is 4.90 Å². The molecule has 28 heavy (non-hydrogen) atoms. The Morgan fingerprint density at radius 2 is 2.11 bits per heavy atom. The van der Waals surface area contributed by atoms with E-state index in [1.807, 2.05) is 6.92 Å². The van der Waals surface area contributed by atoms with E-state index in [1.54, 1.807) is 14.2 Å². The molecule has 1 N–H and O–H groups in total. The number of fused-ring (bicyclic) bond motifs is 1. The summed E-state index contributed by atoms with van der Waals surface area (Å²) in [4.78, 5) is 2.53. The molecule has 7 rings (SSSR count). The Balaban J connectivity index is 1.71. The van der Waals surface area contributed by atoms with Crippen LogP contribution in [0.15, 0.2) is 24.3 Å². The molecule has 1 unspecified atom stereocenters. The van der Waals surface area contributed by atoms with E-state index in [0.29, 0.717) is 6.04 Å². The molecule has 150 valence electrons. The van der Waals surface area contributed by atoms with Gasteiger partial charge in [-0.25, -0.2) is 0 Å². The third-order valence-corrected chi connectivity index (χ3v) is 8.91. The largest absolute Gasteiger partial charge is 0.493 e. The van der Waals surface area contributed by atoms with Gasteiger partial charge < -0.3 is 24.2 Å². The van der Waals surface area contributed by atoms with Gasteiger partial charge in [-0.05, 0) is 51.4 Å². The number of nitrogens with zero attached hydrogens (tertiary/aromatic N) is 1. The lowest BCUT2D eigenvalue weighted by molar-refractivity contribution is -0.228. The molecule has 0 radical (unpaired) electrons. The average molecular weight is 383 g/mol. The van der Waals surface area contributed by atoms with Crippen LogP contribution in [-0.4, -0.2) is 61.7 Å². The van der Waals surface area contributed by atoms with Gasteiger partial charge in [-0.3, -0.25) is 0 Å². The Hall–Kier alpha value is -1.56. The van der Waals surface area contributed by atoms with E-state index in [9.17, 15) is 5.11 Å². The number of hydrogen-bond acceptors (Lipinski definition) is 5. The fourth-order valence-electron chi connectivity index (χ4n) is 7.81. The topological polar surface area (TPSA) is 51.2 Å². The van der Waals surface area contributed by atoms with Gasteiger partial charge in [0.1, 0.15) is 11.7 Å². The number of ether oxygens (including phenoxy) is 3. The minimum atomic E-state index is -0.616. The molecule has 5 nitrogen and oxygen atoms in total. The van der Waals surface area contributed by atoms with Crippen LogP contribution in [0.25, 0.3) is 0 Å². The average Bonchev–Trinajstić information content (AvgIpc) is 3.07. The minimum absolute atomic E-state index is 0.0106. The summed E-state index contributed by atoms with van der Waals surface area (Å²) in [5.41, 5.74) is 1.97. The molecule has 6 aliphatic rings. The molecule has 1 aromatic rings. The van der Waals surface area contributed by atoms with Crippen LogP contribution in [0, 0.1) is 11.3 Å². The van der Waals surface area contributed by atoms with Gasteiger partial charge >= 0.3 is 0 Å². The van der Waals surface area contributed by atoms with E-state index in [1.165, 1.54) is 11.1 Å². The van der Waals surface area contributed by atoms with E-state index >= 15 is 0 Å². The fraction of sp³-hybridized carbons (Fsp3) is 0.652. The second-order valence-corrected chi connectivity index (χ2v) is 9.53. The Labute approximate surface area is 166 Å². The molecule has 2 heterocycles. The number of rotatable bonds is 3. The monoisotopic (exact) mass is 383 g/mol. The summed E-state index contributed by atoms with van der Waals surface area (Å²) in [6, 6.07) is 4.70. The minimum Gasteiger partial charge on any atom is -0.493 e. The van der Waals surface area contributed by atoms with E-state index in [0.717, 1.165) is 37.3 Å². The molecule has 4 bridgehead atoms. The van der Waals surface area contributed by atoms with Crippen molar-refractivity contribution in [3.05, 3.63) is 35.4 Å². The normalized spacial score (nSPS) is 45.5. The highest BCUT2D eigenvalue weighted by Crippen LogP contribution is 2.74. The van der Waals surface area contributed by atoms with Crippen LogP contribution in [-0.2, 0) is 16.6 Å². The molecular formula is C23H29NO4. The van der Waals surface area contributed by atoms with Crippen LogP contribution in [0.5, 0.6) is 11.5 Å². The highest BCUT2D eigenvalue weighted by Gasteiger charge is 2.79. The van der Waals surface area contributed by atoms with Gasteiger partial charge in [0, 0.05) is 30.0 Å². The summed E-state index contributed by atoms with van der Waals surface area (Å²) in [5, 5.41) is 10.8.